The lowest BCUT2D eigenvalue weighted by atomic mass is 9.89. The maximum atomic E-state index is 12.2. The zero-order chi connectivity index (χ0) is 15.2. The summed E-state index contributed by atoms with van der Waals surface area (Å²) in [4.78, 5) is 16.3. The van der Waals surface area contributed by atoms with Gasteiger partial charge >= 0.3 is 0 Å². The van der Waals surface area contributed by atoms with Crippen LogP contribution in [0, 0.1) is 12.3 Å². The summed E-state index contributed by atoms with van der Waals surface area (Å²) < 4.78 is 5.07. The summed E-state index contributed by atoms with van der Waals surface area (Å²) in [5.74, 6) is 5.25. The van der Waals surface area contributed by atoms with Crippen molar-refractivity contribution in [2.45, 2.75) is 27.2 Å². The van der Waals surface area contributed by atoms with Crippen molar-refractivity contribution in [3.05, 3.63) is 23.5 Å². The van der Waals surface area contributed by atoms with Crippen molar-refractivity contribution < 1.29 is 9.53 Å². The van der Waals surface area contributed by atoms with Crippen LogP contribution in [0.1, 0.15) is 36.3 Å². The van der Waals surface area contributed by atoms with Gasteiger partial charge in [-0.15, -0.1) is 0 Å². The molecule has 1 amide bonds. The molecular weight excluding hydrogens is 256 g/mol. The summed E-state index contributed by atoms with van der Waals surface area (Å²) in [6.45, 7) is 7.25. The van der Waals surface area contributed by atoms with Gasteiger partial charge in [0.1, 0.15) is 0 Å². The number of hydrogen-bond donors (Lipinski definition) is 3. The maximum absolute atomic E-state index is 12.2. The van der Waals surface area contributed by atoms with Crippen molar-refractivity contribution in [3.8, 4) is 0 Å². The van der Waals surface area contributed by atoms with Gasteiger partial charge in [0, 0.05) is 32.2 Å². The third-order valence-corrected chi connectivity index (χ3v) is 3.15. The fourth-order valence-electron chi connectivity index (χ4n) is 1.74. The summed E-state index contributed by atoms with van der Waals surface area (Å²) in [7, 11) is 1.67. The van der Waals surface area contributed by atoms with Gasteiger partial charge in [0.2, 0.25) is 0 Å². The first-order valence-corrected chi connectivity index (χ1v) is 6.60. The van der Waals surface area contributed by atoms with E-state index in [2.05, 4.69) is 29.6 Å². The first-order valence-electron chi connectivity index (χ1n) is 6.60. The van der Waals surface area contributed by atoms with Crippen LogP contribution in [-0.2, 0) is 4.74 Å². The van der Waals surface area contributed by atoms with Gasteiger partial charge in [0.25, 0.3) is 5.91 Å². The Morgan fingerprint density at radius 2 is 2.20 bits per heavy atom. The van der Waals surface area contributed by atoms with Gasteiger partial charge in [-0.1, -0.05) is 13.8 Å². The smallest absolute Gasteiger partial charge is 0.255 e. The molecule has 0 aliphatic rings. The average Bonchev–Trinajstić information content (AvgIpc) is 2.42. The molecule has 0 aliphatic carbocycles. The van der Waals surface area contributed by atoms with E-state index in [0.29, 0.717) is 24.4 Å². The molecule has 0 radical (unpaired) electrons. The molecule has 0 unspecified atom stereocenters. The van der Waals surface area contributed by atoms with E-state index in [4.69, 9.17) is 10.6 Å². The van der Waals surface area contributed by atoms with Gasteiger partial charge < -0.3 is 15.5 Å². The minimum absolute atomic E-state index is 0.0277. The van der Waals surface area contributed by atoms with Crippen LogP contribution in [0.15, 0.2) is 12.3 Å². The van der Waals surface area contributed by atoms with Gasteiger partial charge in [-0.3, -0.25) is 15.6 Å². The standard InChI is InChI=1S/C14H24N4O2/c1-10-7-12(18-15)11(8-16-10)13(19)17-9-14(2,3)5-6-20-4/h7-8H,5-6,9,15H2,1-4H3,(H,16,18)(H,17,19). The quantitative estimate of drug-likeness (QED) is 0.520. The number of carbonyl (C=O) groups is 1. The SMILES string of the molecule is COCCC(C)(C)CNC(=O)c1cnc(C)cc1NN. The lowest BCUT2D eigenvalue weighted by Crippen LogP contribution is -2.35. The first-order chi connectivity index (χ1) is 9.39. The van der Waals surface area contributed by atoms with E-state index >= 15 is 0 Å². The number of nitrogen functional groups attached to an aromatic ring is 1. The zero-order valence-corrected chi connectivity index (χ0v) is 12.6. The largest absolute Gasteiger partial charge is 0.385 e. The van der Waals surface area contributed by atoms with Crippen molar-refractivity contribution in [2.24, 2.45) is 11.3 Å². The van der Waals surface area contributed by atoms with Crippen LogP contribution in [0.5, 0.6) is 0 Å². The minimum atomic E-state index is -0.184. The Hall–Kier alpha value is -1.66. The number of hydrogen-bond acceptors (Lipinski definition) is 5. The van der Waals surface area contributed by atoms with Gasteiger partial charge in [0.15, 0.2) is 0 Å². The van der Waals surface area contributed by atoms with Gasteiger partial charge in [-0.25, -0.2) is 0 Å². The van der Waals surface area contributed by atoms with Crippen LogP contribution < -0.4 is 16.6 Å². The van der Waals surface area contributed by atoms with Crippen LogP contribution in [-0.4, -0.2) is 31.2 Å². The van der Waals surface area contributed by atoms with E-state index in [1.807, 2.05) is 6.92 Å². The van der Waals surface area contributed by atoms with Gasteiger partial charge in [0.05, 0.1) is 11.3 Å². The fraction of sp³-hybridized carbons (Fsp3) is 0.571. The highest BCUT2D eigenvalue weighted by Gasteiger charge is 2.20. The number of ether oxygens (including phenoxy) is 1. The Labute approximate surface area is 120 Å². The van der Waals surface area contributed by atoms with Crippen LogP contribution in [0.25, 0.3) is 0 Å². The van der Waals surface area contributed by atoms with Gasteiger partial charge in [-0.2, -0.15) is 0 Å². The molecule has 6 heteroatoms. The van der Waals surface area contributed by atoms with Crippen LogP contribution in [0.4, 0.5) is 5.69 Å². The third-order valence-electron chi connectivity index (χ3n) is 3.15. The predicted octanol–water partition coefficient (Wildman–Crippen LogP) is 1.47. The number of pyridine rings is 1. The summed E-state index contributed by atoms with van der Waals surface area (Å²) in [5.41, 5.74) is 4.32. The minimum Gasteiger partial charge on any atom is -0.385 e. The Morgan fingerprint density at radius 1 is 1.50 bits per heavy atom. The molecule has 0 spiro atoms. The second-order valence-corrected chi connectivity index (χ2v) is 5.61. The molecule has 4 N–H and O–H groups in total. The summed E-state index contributed by atoms with van der Waals surface area (Å²) in [6, 6.07) is 1.74. The lowest BCUT2D eigenvalue weighted by molar-refractivity contribution is 0.0921. The molecular formula is C14H24N4O2. The number of nitrogens with zero attached hydrogens (tertiary/aromatic N) is 1. The summed E-state index contributed by atoms with van der Waals surface area (Å²) >= 11 is 0. The number of anilines is 1. The highest BCUT2D eigenvalue weighted by Crippen LogP contribution is 2.20. The summed E-state index contributed by atoms with van der Waals surface area (Å²) in [5, 5.41) is 2.91. The number of hydrazine groups is 1. The number of aromatic nitrogens is 1. The molecule has 1 aromatic rings. The molecule has 6 nitrogen and oxygen atoms in total. The molecule has 0 fully saturated rings. The highest BCUT2D eigenvalue weighted by atomic mass is 16.5. The Bertz CT molecular complexity index is 460. The molecule has 0 aliphatic heterocycles. The number of carbonyl (C=O) groups excluding carboxylic acids is 1. The van der Waals surface area contributed by atoms with Crippen molar-refractivity contribution in [1.29, 1.82) is 0 Å². The molecule has 0 saturated heterocycles. The Kier molecular flexibility index (Phi) is 5.91. The molecule has 112 valence electrons. The predicted molar refractivity (Wildman–Crippen MR) is 79.4 cm³/mol. The van der Waals surface area contributed by atoms with Crippen LogP contribution >= 0.6 is 0 Å². The molecule has 1 rings (SSSR count). The normalized spacial score (nSPS) is 11.2. The number of nitrogens with two attached hydrogens (primary N) is 1. The average molecular weight is 280 g/mol. The second-order valence-electron chi connectivity index (χ2n) is 5.61. The van der Waals surface area contributed by atoms with Crippen LogP contribution in [0.2, 0.25) is 0 Å². The summed E-state index contributed by atoms with van der Waals surface area (Å²) in [6.07, 6.45) is 2.40. The number of nitrogens with one attached hydrogen (secondary N) is 2. The van der Waals surface area contributed by atoms with E-state index in [0.717, 1.165) is 12.1 Å². The third kappa shape index (κ3) is 4.79. The second kappa shape index (κ2) is 7.21. The van der Waals surface area contributed by atoms with E-state index in [9.17, 15) is 4.79 Å². The van der Waals surface area contributed by atoms with Crippen molar-refractivity contribution in [2.75, 3.05) is 25.7 Å². The molecule has 0 atom stereocenters. The van der Waals surface area contributed by atoms with Gasteiger partial charge in [-0.05, 0) is 24.8 Å². The topological polar surface area (TPSA) is 89.3 Å². The monoisotopic (exact) mass is 280 g/mol. The Balaban J connectivity index is 2.67. The van der Waals surface area contributed by atoms with E-state index in [-0.39, 0.29) is 11.3 Å². The highest BCUT2D eigenvalue weighted by molar-refractivity contribution is 5.99. The van der Waals surface area contributed by atoms with Crippen molar-refractivity contribution >= 4 is 11.6 Å². The van der Waals surface area contributed by atoms with E-state index in [1.54, 1.807) is 13.2 Å². The number of methoxy groups -OCH3 is 1. The van der Waals surface area contributed by atoms with Crippen molar-refractivity contribution in [1.82, 2.24) is 10.3 Å². The maximum Gasteiger partial charge on any atom is 0.255 e. The number of rotatable bonds is 7. The molecule has 1 aromatic heterocycles. The first kappa shape index (κ1) is 16.4. The number of aryl methyl sites for hydroxylation is 1. The molecule has 0 bridgehead atoms. The van der Waals surface area contributed by atoms with Crippen LogP contribution in [0.3, 0.4) is 0 Å². The Morgan fingerprint density at radius 3 is 2.80 bits per heavy atom. The fourth-order valence-corrected chi connectivity index (χ4v) is 1.74. The molecule has 20 heavy (non-hydrogen) atoms. The van der Waals surface area contributed by atoms with Crippen molar-refractivity contribution in [3.63, 3.8) is 0 Å². The number of amides is 1. The van der Waals surface area contributed by atoms with E-state index < -0.39 is 0 Å². The lowest BCUT2D eigenvalue weighted by Gasteiger charge is -2.24. The molecule has 1 heterocycles. The molecule has 0 saturated carbocycles. The zero-order valence-electron chi connectivity index (χ0n) is 12.6. The molecule has 0 aromatic carbocycles. The van der Waals surface area contributed by atoms with E-state index in [1.165, 1.54) is 6.20 Å².